The summed E-state index contributed by atoms with van der Waals surface area (Å²) in [6.07, 6.45) is 0. The van der Waals surface area contributed by atoms with Crippen LogP contribution in [0.1, 0.15) is 15.9 Å². The fraction of sp³-hybridized carbons (Fsp3) is 0.474. The van der Waals surface area contributed by atoms with Crippen molar-refractivity contribution in [1.29, 1.82) is 0 Å². The van der Waals surface area contributed by atoms with E-state index in [9.17, 15) is 14.7 Å². The van der Waals surface area contributed by atoms with E-state index < -0.39 is 0 Å². The van der Waals surface area contributed by atoms with Gasteiger partial charge in [0.25, 0.3) is 5.91 Å². The molecule has 0 aliphatic carbocycles. The third-order valence-electron chi connectivity index (χ3n) is 4.93. The van der Waals surface area contributed by atoms with Gasteiger partial charge in [-0.15, -0.1) is 0 Å². The zero-order valence-corrected chi connectivity index (χ0v) is 15.0. The Morgan fingerprint density at radius 3 is 2.68 bits per heavy atom. The lowest BCUT2D eigenvalue weighted by molar-refractivity contribution is 0.0781. The van der Waals surface area contributed by atoms with E-state index in [1.165, 1.54) is 6.07 Å². The number of carbonyl (C=O) groups excluding carboxylic acids is 1. The number of likely N-dealkylation sites (tertiary alicyclic amines) is 1. The Labute approximate surface area is 147 Å². The zero-order chi connectivity index (χ0) is 18.1. The van der Waals surface area contributed by atoms with E-state index in [1.807, 2.05) is 39.2 Å². The molecular weight excluding hydrogens is 318 g/mol. The van der Waals surface area contributed by atoms with Gasteiger partial charge in [-0.25, -0.2) is 0 Å². The van der Waals surface area contributed by atoms with E-state index in [4.69, 9.17) is 0 Å². The number of aromatic nitrogens is 1. The van der Waals surface area contributed by atoms with Crippen LogP contribution >= 0.6 is 0 Å². The predicted octanol–water partition coefficient (Wildman–Crippen LogP) is 1.08. The Kier molecular flexibility index (Phi) is 4.92. The van der Waals surface area contributed by atoms with Crippen LogP contribution in [0.5, 0.6) is 0 Å². The lowest BCUT2D eigenvalue weighted by Crippen LogP contribution is -2.31. The second kappa shape index (κ2) is 6.98. The van der Waals surface area contributed by atoms with Gasteiger partial charge < -0.3 is 19.9 Å². The molecule has 0 bridgehead atoms. The molecule has 1 fully saturated rings. The molecule has 1 amide bonds. The number of nitrogens with one attached hydrogen (secondary N) is 1. The number of aliphatic hydroxyl groups is 1. The summed E-state index contributed by atoms with van der Waals surface area (Å²) in [6, 6.07) is 7.06. The Bertz CT molecular complexity index is 843. The Morgan fingerprint density at radius 2 is 2.00 bits per heavy atom. The number of aromatic amines is 1. The van der Waals surface area contributed by atoms with Crippen molar-refractivity contribution >= 4 is 16.8 Å². The van der Waals surface area contributed by atoms with E-state index >= 15 is 0 Å². The van der Waals surface area contributed by atoms with Crippen molar-refractivity contribution < 1.29 is 9.90 Å². The van der Waals surface area contributed by atoms with Crippen LogP contribution in [0, 0.1) is 18.8 Å². The fourth-order valence-corrected chi connectivity index (χ4v) is 3.70. The van der Waals surface area contributed by atoms with Crippen molar-refractivity contribution in [2.24, 2.45) is 11.8 Å². The molecule has 1 aliphatic rings. The molecule has 1 saturated heterocycles. The number of hydrogen-bond acceptors (Lipinski definition) is 4. The molecule has 6 heteroatoms. The Hall–Kier alpha value is -2.18. The summed E-state index contributed by atoms with van der Waals surface area (Å²) in [5, 5.41) is 10.4. The first-order valence-corrected chi connectivity index (χ1v) is 8.57. The minimum absolute atomic E-state index is 0.0670. The molecule has 0 radical (unpaired) electrons. The lowest BCUT2D eigenvalue weighted by atomic mass is 9.97. The van der Waals surface area contributed by atoms with Gasteiger partial charge in [0.15, 0.2) is 0 Å². The number of H-pyrrole nitrogens is 1. The minimum atomic E-state index is -0.276. The van der Waals surface area contributed by atoms with Crippen LogP contribution in [0.15, 0.2) is 29.1 Å². The first kappa shape index (κ1) is 17.6. The molecule has 1 aromatic heterocycles. The van der Waals surface area contributed by atoms with E-state index in [2.05, 4.69) is 9.88 Å². The molecule has 2 atom stereocenters. The molecule has 0 unspecified atom stereocenters. The van der Waals surface area contributed by atoms with Gasteiger partial charge in [-0.1, -0.05) is 11.6 Å². The Balaban J connectivity index is 1.95. The van der Waals surface area contributed by atoms with Gasteiger partial charge in [0.2, 0.25) is 5.56 Å². The SMILES string of the molecule is Cc1ccc2[nH]c(=O)cc(C(=O)N3C[C@@H](CN(C)C)[C@@H](CO)C3)c2c1. The summed E-state index contributed by atoms with van der Waals surface area (Å²) >= 11 is 0. The summed E-state index contributed by atoms with van der Waals surface area (Å²) in [5.74, 6) is 0.168. The van der Waals surface area contributed by atoms with Crippen LogP contribution in [-0.2, 0) is 0 Å². The van der Waals surface area contributed by atoms with Crippen LogP contribution in [0.2, 0.25) is 0 Å². The maximum absolute atomic E-state index is 13.1. The van der Waals surface area contributed by atoms with Gasteiger partial charge >= 0.3 is 0 Å². The molecule has 1 aromatic carbocycles. The first-order chi connectivity index (χ1) is 11.9. The average molecular weight is 343 g/mol. The smallest absolute Gasteiger partial charge is 0.254 e. The van der Waals surface area contributed by atoms with Crippen LogP contribution < -0.4 is 5.56 Å². The van der Waals surface area contributed by atoms with E-state index in [1.54, 1.807) is 4.90 Å². The van der Waals surface area contributed by atoms with Crippen LogP contribution in [0.3, 0.4) is 0 Å². The van der Waals surface area contributed by atoms with Crippen LogP contribution in [0.25, 0.3) is 10.9 Å². The van der Waals surface area contributed by atoms with Crippen LogP contribution in [-0.4, -0.2) is 66.1 Å². The highest BCUT2D eigenvalue weighted by molar-refractivity contribution is 6.06. The Morgan fingerprint density at radius 1 is 1.28 bits per heavy atom. The van der Waals surface area contributed by atoms with Crippen molar-refractivity contribution in [3.8, 4) is 0 Å². The number of pyridine rings is 1. The number of aryl methyl sites for hydroxylation is 1. The van der Waals surface area contributed by atoms with Gasteiger partial charge in [0.1, 0.15) is 0 Å². The topological polar surface area (TPSA) is 76.6 Å². The fourth-order valence-electron chi connectivity index (χ4n) is 3.70. The molecule has 1 aliphatic heterocycles. The van der Waals surface area contributed by atoms with Crippen molar-refractivity contribution in [3.63, 3.8) is 0 Å². The number of nitrogens with zero attached hydrogens (tertiary/aromatic N) is 2. The van der Waals surface area contributed by atoms with Crippen molar-refractivity contribution in [3.05, 3.63) is 45.7 Å². The predicted molar refractivity (Wildman–Crippen MR) is 97.8 cm³/mol. The molecule has 134 valence electrons. The number of hydrogen-bond donors (Lipinski definition) is 2. The standard InChI is InChI=1S/C19H25N3O3/c1-12-4-5-17-15(6-12)16(7-18(24)20-17)19(25)22-9-13(8-21(2)3)14(10-22)11-23/h4-7,13-14,23H,8-11H2,1-3H3,(H,20,24)/t13-,14-/m1/s1. The molecule has 0 saturated carbocycles. The van der Waals surface area contributed by atoms with Crippen molar-refractivity contribution in [1.82, 2.24) is 14.8 Å². The maximum Gasteiger partial charge on any atom is 0.254 e. The van der Waals surface area contributed by atoms with Gasteiger partial charge in [-0.2, -0.15) is 0 Å². The van der Waals surface area contributed by atoms with Gasteiger partial charge in [-0.05, 0) is 39.1 Å². The van der Waals surface area contributed by atoms with E-state index in [0.29, 0.717) is 24.2 Å². The number of amides is 1. The third kappa shape index (κ3) is 3.60. The quantitative estimate of drug-likeness (QED) is 0.871. The summed E-state index contributed by atoms with van der Waals surface area (Å²) in [5.41, 5.74) is 1.87. The van der Waals surface area contributed by atoms with Gasteiger partial charge in [0, 0.05) is 49.1 Å². The van der Waals surface area contributed by atoms with E-state index in [0.717, 1.165) is 17.5 Å². The molecule has 3 rings (SSSR count). The number of fused-ring (bicyclic) bond motifs is 1. The van der Waals surface area contributed by atoms with Crippen molar-refractivity contribution in [2.45, 2.75) is 6.92 Å². The summed E-state index contributed by atoms with van der Waals surface area (Å²) in [4.78, 5) is 31.7. The largest absolute Gasteiger partial charge is 0.396 e. The molecule has 2 N–H and O–H groups in total. The maximum atomic E-state index is 13.1. The zero-order valence-electron chi connectivity index (χ0n) is 15.0. The summed E-state index contributed by atoms with van der Waals surface area (Å²) < 4.78 is 0. The van der Waals surface area contributed by atoms with Crippen LogP contribution in [0.4, 0.5) is 0 Å². The first-order valence-electron chi connectivity index (χ1n) is 8.57. The monoisotopic (exact) mass is 343 g/mol. The third-order valence-corrected chi connectivity index (χ3v) is 4.93. The van der Waals surface area contributed by atoms with Crippen molar-refractivity contribution in [2.75, 3.05) is 40.3 Å². The van der Waals surface area contributed by atoms with Gasteiger partial charge in [-0.3, -0.25) is 9.59 Å². The van der Waals surface area contributed by atoms with E-state index in [-0.39, 0.29) is 29.9 Å². The number of carbonyl (C=O) groups is 1. The number of rotatable bonds is 4. The molecule has 2 heterocycles. The molecule has 2 aromatic rings. The molecule has 6 nitrogen and oxygen atoms in total. The lowest BCUT2D eigenvalue weighted by Gasteiger charge is -2.20. The summed E-state index contributed by atoms with van der Waals surface area (Å²) in [7, 11) is 3.98. The molecule has 0 spiro atoms. The average Bonchev–Trinajstić information content (AvgIpc) is 2.96. The molecular formula is C19H25N3O3. The highest BCUT2D eigenvalue weighted by Crippen LogP contribution is 2.27. The number of benzene rings is 1. The molecule has 25 heavy (non-hydrogen) atoms. The number of aliphatic hydroxyl groups excluding tert-OH is 1. The van der Waals surface area contributed by atoms with Gasteiger partial charge in [0.05, 0.1) is 5.56 Å². The highest BCUT2D eigenvalue weighted by atomic mass is 16.3. The normalized spacial score (nSPS) is 20.6. The minimum Gasteiger partial charge on any atom is -0.396 e. The summed E-state index contributed by atoms with van der Waals surface area (Å²) in [6.45, 7) is 3.97. The second-order valence-corrected chi connectivity index (χ2v) is 7.27. The second-order valence-electron chi connectivity index (χ2n) is 7.27. The highest BCUT2D eigenvalue weighted by Gasteiger charge is 2.35.